The molecule has 1 N–H and O–H groups in total. The van der Waals surface area contributed by atoms with Crippen molar-refractivity contribution in [2.24, 2.45) is 5.41 Å². The average Bonchev–Trinajstić information content (AvgIpc) is 3.27. The Labute approximate surface area is 122 Å². The summed E-state index contributed by atoms with van der Waals surface area (Å²) in [6.45, 7) is 7.52. The van der Waals surface area contributed by atoms with Crippen molar-refractivity contribution in [1.29, 1.82) is 0 Å². The van der Waals surface area contributed by atoms with Crippen molar-refractivity contribution < 1.29 is 4.74 Å². The summed E-state index contributed by atoms with van der Waals surface area (Å²) in [5, 5.41) is 3.77. The monoisotopic (exact) mass is 273 g/mol. The van der Waals surface area contributed by atoms with Gasteiger partial charge in [0.25, 0.3) is 0 Å². The number of hydrogen-bond donors (Lipinski definition) is 1. The second-order valence-electron chi connectivity index (χ2n) is 6.81. The molecule has 2 nitrogen and oxygen atoms in total. The average molecular weight is 273 g/mol. The molecule has 1 saturated heterocycles. The van der Waals surface area contributed by atoms with E-state index in [2.05, 4.69) is 37.4 Å². The van der Waals surface area contributed by atoms with Crippen LogP contribution in [0.1, 0.15) is 42.4 Å². The third-order valence-corrected chi connectivity index (χ3v) is 5.09. The molecule has 20 heavy (non-hydrogen) atoms. The zero-order chi connectivity index (χ0) is 14.0. The van der Waals surface area contributed by atoms with Gasteiger partial charge < -0.3 is 10.1 Å². The summed E-state index contributed by atoms with van der Waals surface area (Å²) in [4.78, 5) is 0. The number of rotatable bonds is 5. The maximum absolute atomic E-state index is 5.62. The molecule has 1 heterocycles. The number of ether oxygens (including phenoxy) is 1. The van der Waals surface area contributed by atoms with Crippen LogP contribution < -0.4 is 5.32 Å². The molecule has 110 valence electrons. The van der Waals surface area contributed by atoms with Gasteiger partial charge in [-0.15, -0.1) is 0 Å². The highest BCUT2D eigenvalue weighted by molar-refractivity contribution is 5.34. The van der Waals surface area contributed by atoms with Crippen LogP contribution in [0.15, 0.2) is 18.2 Å². The second kappa shape index (κ2) is 5.87. The molecule has 1 aliphatic heterocycles. The minimum absolute atomic E-state index is 0.401. The van der Waals surface area contributed by atoms with E-state index in [1.807, 2.05) is 0 Å². The van der Waals surface area contributed by atoms with Gasteiger partial charge in [0.1, 0.15) is 0 Å². The highest BCUT2D eigenvalue weighted by Crippen LogP contribution is 2.36. The summed E-state index contributed by atoms with van der Waals surface area (Å²) in [5.41, 5.74) is 4.86. The van der Waals surface area contributed by atoms with Gasteiger partial charge in [-0.05, 0) is 68.1 Å². The van der Waals surface area contributed by atoms with E-state index in [1.54, 1.807) is 5.56 Å². The van der Waals surface area contributed by atoms with Crippen molar-refractivity contribution in [1.82, 2.24) is 5.32 Å². The predicted molar refractivity (Wildman–Crippen MR) is 83.1 cm³/mol. The summed E-state index contributed by atoms with van der Waals surface area (Å²) in [7, 11) is 0. The van der Waals surface area contributed by atoms with E-state index in [0.29, 0.717) is 5.41 Å². The minimum atomic E-state index is 0.401. The SMILES string of the molecule is Cc1cccc(C)c1CC1(CNC2CC2)CCOCC1. The molecule has 1 aromatic rings. The van der Waals surface area contributed by atoms with E-state index in [-0.39, 0.29) is 0 Å². The van der Waals surface area contributed by atoms with Crippen LogP contribution in [0.2, 0.25) is 0 Å². The molecule has 0 radical (unpaired) electrons. The Morgan fingerprint density at radius 2 is 1.80 bits per heavy atom. The standard InChI is InChI=1S/C18H27NO/c1-14-4-3-5-15(2)17(14)12-18(8-10-20-11-9-18)13-19-16-6-7-16/h3-5,16,19H,6-13H2,1-2H3. The van der Waals surface area contributed by atoms with E-state index in [1.165, 1.54) is 43.2 Å². The summed E-state index contributed by atoms with van der Waals surface area (Å²) in [6.07, 6.45) is 6.33. The number of nitrogens with one attached hydrogen (secondary N) is 1. The molecule has 0 aromatic heterocycles. The molecule has 0 bridgehead atoms. The molecule has 0 spiro atoms. The highest BCUT2D eigenvalue weighted by atomic mass is 16.5. The van der Waals surface area contributed by atoms with Gasteiger partial charge in [-0.25, -0.2) is 0 Å². The molecule has 3 rings (SSSR count). The summed E-state index contributed by atoms with van der Waals surface area (Å²) in [6, 6.07) is 7.48. The van der Waals surface area contributed by atoms with Gasteiger partial charge >= 0.3 is 0 Å². The van der Waals surface area contributed by atoms with Gasteiger partial charge in [0, 0.05) is 25.8 Å². The Hall–Kier alpha value is -0.860. The Kier molecular flexibility index (Phi) is 4.13. The van der Waals surface area contributed by atoms with E-state index < -0.39 is 0 Å². The van der Waals surface area contributed by atoms with Crippen LogP contribution in [-0.2, 0) is 11.2 Å². The van der Waals surface area contributed by atoms with Crippen LogP contribution in [0.4, 0.5) is 0 Å². The summed E-state index contributed by atoms with van der Waals surface area (Å²) < 4.78 is 5.62. The molecule has 1 saturated carbocycles. The van der Waals surface area contributed by atoms with Crippen LogP contribution in [0.3, 0.4) is 0 Å². The van der Waals surface area contributed by atoms with Crippen LogP contribution >= 0.6 is 0 Å². The lowest BCUT2D eigenvalue weighted by atomic mass is 9.73. The second-order valence-corrected chi connectivity index (χ2v) is 6.81. The molecule has 0 atom stereocenters. The normalized spacial score (nSPS) is 21.9. The Morgan fingerprint density at radius 3 is 2.40 bits per heavy atom. The molecule has 2 aliphatic rings. The van der Waals surface area contributed by atoms with Crippen LogP contribution in [-0.4, -0.2) is 25.8 Å². The van der Waals surface area contributed by atoms with Crippen molar-refractivity contribution in [3.8, 4) is 0 Å². The van der Waals surface area contributed by atoms with Crippen molar-refractivity contribution in [2.45, 2.75) is 52.0 Å². The molecule has 2 fully saturated rings. The fourth-order valence-corrected chi connectivity index (χ4v) is 3.37. The van der Waals surface area contributed by atoms with Crippen molar-refractivity contribution in [3.05, 3.63) is 34.9 Å². The minimum Gasteiger partial charge on any atom is -0.381 e. The first-order chi connectivity index (χ1) is 9.69. The smallest absolute Gasteiger partial charge is 0.0471 e. The van der Waals surface area contributed by atoms with E-state index in [9.17, 15) is 0 Å². The third-order valence-electron chi connectivity index (χ3n) is 5.09. The molecule has 1 aliphatic carbocycles. The Bertz CT molecular complexity index is 438. The zero-order valence-corrected chi connectivity index (χ0v) is 12.9. The Morgan fingerprint density at radius 1 is 1.15 bits per heavy atom. The number of aryl methyl sites for hydroxylation is 2. The largest absolute Gasteiger partial charge is 0.381 e. The van der Waals surface area contributed by atoms with Gasteiger partial charge in [-0.2, -0.15) is 0 Å². The first kappa shape index (κ1) is 14.1. The Balaban J connectivity index is 1.77. The summed E-state index contributed by atoms with van der Waals surface area (Å²) in [5.74, 6) is 0. The van der Waals surface area contributed by atoms with Gasteiger partial charge in [-0.1, -0.05) is 18.2 Å². The van der Waals surface area contributed by atoms with Gasteiger partial charge in [0.15, 0.2) is 0 Å². The van der Waals surface area contributed by atoms with Crippen LogP contribution in [0.5, 0.6) is 0 Å². The number of benzene rings is 1. The maximum atomic E-state index is 5.62. The highest BCUT2D eigenvalue weighted by Gasteiger charge is 2.35. The van der Waals surface area contributed by atoms with Gasteiger partial charge in [-0.3, -0.25) is 0 Å². The van der Waals surface area contributed by atoms with Crippen molar-refractivity contribution in [2.75, 3.05) is 19.8 Å². The van der Waals surface area contributed by atoms with E-state index >= 15 is 0 Å². The van der Waals surface area contributed by atoms with Crippen LogP contribution in [0, 0.1) is 19.3 Å². The molecular weight excluding hydrogens is 246 g/mol. The molecule has 1 aromatic carbocycles. The summed E-state index contributed by atoms with van der Waals surface area (Å²) >= 11 is 0. The lowest BCUT2D eigenvalue weighted by Gasteiger charge is -2.38. The molecule has 0 amide bonds. The third kappa shape index (κ3) is 3.24. The molecular formula is C18H27NO. The van der Waals surface area contributed by atoms with Gasteiger partial charge in [0.2, 0.25) is 0 Å². The first-order valence-corrected chi connectivity index (χ1v) is 8.05. The van der Waals surface area contributed by atoms with Crippen molar-refractivity contribution in [3.63, 3.8) is 0 Å². The fraction of sp³-hybridized carbons (Fsp3) is 0.667. The zero-order valence-electron chi connectivity index (χ0n) is 12.9. The lowest BCUT2D eigenvalue weighted by Crippen LogP contribution is -2.41. The molecule has 2 heteroatoms. The quantitative estimate of drug-likeness (QED) is 0.888. The van der Waals surface area contributed by atoms with E-state index in [0.717, 1.165) is 25.8 Å². The molecule has 0 unspecified atom stereocenters. The van der Waals surface area contributed by atoms with Crippen LogP contribution in [0.25, 0.3) is 0 Å². The van der Waals surface area contributed by atoms with Gasteiger partial charge in [0.05, 0.1) is 0 Å². The maximum Gasteiger partial charge on any atom is 0.0471 e. The predicted octanol–water partition coefficient (Wildman–Crippen LogP) is 3.39. The first-order valence-electron chi connectivity index (χ1n) is 8.05. The number of hydrogen-bond acceptors (Lipinski definition) is 2. The van der Waals surface area contributed by atoms with Crippen molar-refractivity contribution >= 4 is 0 Å². The lowest BCUT2D eigenvalue weighted by molar-refractivity contribution is 0.0146. The fourth-order valence-electron chi connectivity index (χ4n) is 3.37. The topological polar surface area (TPSA) is 21.3 Å². The van der Waals surface area contributed by atoms with E-state index in [4.69, 9.17) is 4.74 Å².